The molecule has 0 amide bonds. The Morgan fingerprint density at radius 3 is 2.72 bits per heavy atom. The third-order valence-corrected chi connectivity index (χ3v) is 5.87. The third kappa shape index (κ3) is 2.28. The van der Waals surface area contributed by atoms with Gasteiger partial charge in [-0.2, -0.15) is 4.31 Å². The zero-order chi connectivity index (χ0) is 13.3. The Labute approximate surface area is 112 Å². The molecule has 1 fully saturated rings. The normalized spacial score (nSPS) is 25.5. The molecule has 0 aromatic heterocycles. The predicted octanol–water partition coefficient (Wildman–Crippen LogP) is 1.73. The maximum Gasteiger partial charge on any atom is 0.244 e. The summed E-state index contributed by atoms with van der Waals surface area (Å²) in [5.74, 6) is 0.160. The number of halogens is 1. The van der Waals surface area contributed by atoms with Gasteiger partial charge in [-0.15, -0.1) is 0 Å². The molecule has 1 aliphatic rings. The minimum absolute atomic E-state index is 0.110. The van der Waals surface area contributed by atoms with Gasteiger partial charge < -0.3 is 5.11 Å². The molecular formula is C12H16ClNO3S. The topological polar surface area (TPSA) is 57.6 Å². The van der Waals surface area contributed by atoms with Crippen molar-refractivity contribution in [3.8, 4) is 0 Å². The predicted molar refractivity (Wildman–Crippen MR) is 70.0 cm³/mol. The van der Waals surface area contributed by atoms with Gasteiger partial charge >= 0.3 is 0 Å². The fourth-order valence-corrected chi connectivity index (χ4v) is 4.55. The highest BCUT2D eigenvalue weighted by atomic mass is 35.5. The monoisotopic (exact) mass is 289 g/mol. The third-order valence-electron chi connectivity index (χ3n) is 3.44. The van der Waals surface area contributed by atoms with Crippen molar-refractivity contribution >= 4 is 21.6 Å². The van der Waals surface area contributed by atoms with Gasteiger partial charge in [0.05, 0.1) is 17.7 Å². The van der Waals surface area contributed by atoms with Crippen molar-refractivity contribution in [2.45, 2.75) is 24.3 Å². The van der Waals surface area contributed by atoms with Crippen LogP contribution in [0.5, 0.6) is 0 Å². The smallest absolute Gasteiger partial charge is 0.244 e. The molecular weight excluding hydrogens is 274 g/mol. The van der Waals surface area contributed by atoms with Crippen LogP contribution in [0, 0.1) is 5.92 Å². The maximum atomic E-state index is 12.5. The van der Waals surface area contributed by atoms with E-state index in [2.05, 4.69) is 0 Å². The van der Waals surface area contributed by atoms with Crippen LogP contribution in [-0.4, -0.2) is 37.0 Å². The van der Waals surface area contributed by atoms with Gasteiger partial charge in [-0.05, 0) is 24.5 Å². The Kier molecular flexibility index (Phi) is 3.96. The number of aliphatic hydroxyl groups excluding tert-OH is 1. The van der Waals surface area contributed by atoms with Crippen molar-refractivity contribution in [3.63, 3.8) is 0 Å². The van der Waals surface area contributed by atoms with Gasteiger partial charge in [0, 0.05) is 6.54 Å². The lowest BCUT2D eigenvalue weighted by atomic mass is 10.0. The SMILES string of the molecule is CC1CCN(S(=O)(=O)c2ccccc2Cl)C1CO. The van der Waals surface area contributed by atoms with Crippen LogP contribution in [0.1, 0.15) is 13.3 Å². The molecule has 2 rings (SSSR count). The number of benzene rings is 1. The van der Waals surface area contributed by atoms with Gasteiger partial charge in [-0.1, -0.05) is 30.7 Å². The van der Waals surface area contributed by atoms with E-state index in [9.17, 15) is 13.5 Å². The van der Waals surface area contributed by atoms with Crippen molar-refractivity contribution in [2.75, 3.05) is 13.2 Å². The van der Waals surface area contributed by atoms with Crippen LogP contribution in [0.3, 0.4) is 0 Å². The fourth-order valence-electron chi connectivity index (χ4n) is 2.32. The molecule has 0 aliphatic carbocycles. The van der Waals surface area contributed by atoms with E-state index < -0.39 is 10.0 Å². The quantitative estimate of drug-likeness (QED) is 0.922. The molecule has 0 radical (unpaired) electrons. The molecule has 2 unspecified atom stereocenters. The molecule has 1 saturated heterocycles. The van der Waals surface area contributed by atoms with Crippen molar-refractivity contribution in [1.29, 1.82) is 0 Å². The van der Waals surface area contributed by atoms with Crippen LogP contribution in [0.15, 0.2) is 29.2 Å². The number of aliphatic hydroxyl groups is 1. The highest BCUT2D eigenvalue weighted by Gasteiger charge is 2.39. The van der Waals surface area contributed by atoms with E-state index in [1.807, 2.05) is 6.92 Å². The summed E-state index contributed by atoms with van der Waals surface area (Å²) in [6, 6.07) is 6.03. The van der Waals surface area contributed by atoms with Crippen molar-refractivity contribution in [2.24, 2.45) is 5.92 Å². The largest absolute Gasteiger partial charge is 0.395 e. The van der Waals surface area contributed by atoms with Gasteiger partial charge in [0.2, 0.25) is 10.0 Å². The lowest BCUT2D eigenvalue weighted by Crippen LogP contribution is -2.39. The second kappa shape index (κ2) is 5.17. The van der Waals surface area contributed by atoms with Gasteiger partial charge in [0.25, 0.3) is 0 Å². The first kappa shape index (κ1) is 13.8. The summed E-state index contributed by atoms with van der Waals surface area (Å²) in [5, 5.41) is 9.56. The van der Waals surface area contributed by atoms with Gasteiger partial charge in [0.15, 0.2) is 0 Å². The summed E-state index contributed by atoms with van der Waals surface area (Å²) < 4.78 is 26.4. The summed E-state index contributed by atoms with van der Waals surface area (Å²) in [6.07, 6.45) is 0.759. The van der Waals surface area contributed by atoms with Crippen LogP contribution in [0.2, 0.25) is 5.02 Å². The van der Waals surface area contributed by atoms with E-state index in [1.54, 1.807) is 18.2 Å². The fraction of sp³-hybridized carbons (Fsp3) is 0.500. The Morgan fingerprint density at radius 2 is 2.11 bits per heavy atom. The minimum Gasteiger partial charge on any atom is -0.395 e. The molecule has 0 spiro atoms. The minimum atomic E-state index is -3.62. The molecule has 1 N–H and O–H groups in total. The molecule has 1 aromatic rings. The number of hydrogen-bond acceptors (Lipinski definition) is 3. The molecule has 6 heteroatoms. The van der Waals surface area contributed by atoms with Crippen molar-refractivity contribution in [1.82, 2.24) is 4.31 Å². The summed E-state index contributed by atoms with van der Waals surface area (Å²) in [7, 11) is -3.62. The molecule has 18 heavy (non-hydrogen) atoms. The average Bonchev–Trinajstić information content (AvgIpc) is 2.71. The molecule has 4 nitrogen and oxygen atoms in total. The van der Waals surface area contributed by atoms with Gasteiger partial charge in [0.1, 0.15) is 4.90 Å². The molecule has 1 heterocycles. The van der Waals surface area contributed by atoms with E-state index >= 15 is 0 Å². The number of rotatable bonds is 3. The van der Waals surface area contributed by atoms with E-state index in [1.165, 1.54) is 10.4 Å². The second-order valence-corrected chi connectivity index (χ2v) is 6.83. The lowest BCUT2D eigenvalue weighted by molar-refractivity contribution is 0.191. The standard InChI is InChI=1S/C12H16ClNO3S/c1-9-6-7-14(11(9)8-15)18(16,17)12-5-3-2-4-10(12)13/h2-5,9,11,15H,6-8H2,1H3. The Hall–Kier alpha value is -0.620. The van der Waals surface area contributed by atoms with Crippen molar-refractivity contribution in [3.05, 3.63) is 29.3 Å². The van der Waals surface area contributed by atoms with Crippen LogP contribution in [0.4, 0.5) is 0 Å². The molecule has 1 aliphatic heterocycles. The second-order valence-electron chi connectivity index (χ2n) is 4.56. The lowest BCUT2D eigenvalue weighted by Gasteiger charge is -2.24. The van der Waals surface area contributed by atoms with E-state index in [0.29, 0.717) is 6.54 Å². The molecule has 0 bridgehead atoms. The van der Waals surface area contributed by atoms with E-state index in [-0.39, 0.29) is 28.5 Å². The first-order chi connectivity index (χ1) is 8.48. The molecule has 100 valence electrons. The summed E-state index contributed by atoms with van der Waals surface area (Å²) in [5.41, 5.74) is 0. The number of nitrogens with zero attached hydrogens (tertiary/aromatic N) is 1. The first-order valence-electron chi connectivity index (χ1n) is 5.85. The maximum absolute atomic E-state index is 12.5. The van der Waals surface area contributed by atoms with Gasteiger partial charge in [-0.25, -0.2) is 8.42 Å². The zero-order valence-corrected chi connectivity index (χ0v) is 11.7. The highest BCUT2D eigenvalue weighted by Crippen LogP contribution is 2.32. The van der Waals surface area contributed by atoms with E-state index in [0.717, 1.165) is 6.42 Å². The number of sulfonamides is 1. The average molecular weight is 290 g/mol. The summed E-state index contributed by atoms with van der Waals surface area (Å²) in [6.45, 7) is 2.22. The Balaban J connectivity index is 2.41. The van der Waals surface area contributed by atoms with Crippen molar-refractivity contribution < 1.29 is 13.5 Å². The molecule has 0 saturated carbocycles. The van der Waals surface area contributed by atoms with Gasteiger partial charge in [-0.3, -0.25) is 0 Å². The van der Waals surface area contributed by atoms with Crippen LogP contribution >= 0.6 is 11.6 Å². The zero-order valence-electron chi connectivity index (χ0n) is 10.1. The van der Waals surface area contributed by atoms with Crippen LogP contribution in [-0.2, 0) is 10.0 Å². The molecule has 1 aromatic carbocycles. The Morgan fingerprint density at radius 1 is 1.44 bits per heavy atom. The highest BCUT2D eigenvalue weighted by molar-refractivity contribution is 7.89. The molecule has 2 atom stereocenters. The summed E-state index contributed by atoms with van der Waals surface area (Å²) >= 11 is 5.95. The van der Waals surface area contributed by atoms with E-state index in [4.69, 9.17) is 11.6 Å². The summed E-state index contributed by atoms with van der Waals surface area (Å²) in [4.78, 5) is 0.110. The Bertz CT molecular complexity index is 532. The van der Waals surface area contributed by atoms with Crippen LogP contribution in [0.25, 0.3) is 0 Å². The van der Waals surface area contributed by atoms with Crippen LogP contribution < -0.4 is 0 Å². The number of hydrogen-bond donors (Lipinski definition) is 1. The first-order valence-corrected chi connectivity index (χ1v) is 7.67.